The fraction of sp³-hybridized carbons (Fsp3) is 0.435. The van der Waals surface area contributed by atoms with E-state index in [1.165, 1.54) is 0 Å². The Morgan fingerprint density at radius 1 is 1.21 bits per heavy atom. The molecule has 1 aromatic carbocycles. The highest BCUT2D eigenvalue weighted by molar-refractivity contribution is 6.00. The van der Waals surface area contributed by atoms with Crippen molar-refractivity contribution >= 4 is 11.7 Å². The predicted octanol–water partition coefficient (Wildman–Crippen LogP) is 2.42. The lowest BCUT2D eigenvalue weighted by Crippen LogP contribution is -2.21. The number of methoxy groups -OCH3 is 1. The summed E-state index contributed by atoms with van der Waals surface area (Å²) in [5.41, 5.74) is 2.59. The third-order valence-electron chi connectivity index (χ3n) is 6.15. The number of benzene rings is 1. The lowest BCUT2D eigenvalue weighted by molar-refractivity contribution is 0.0958. The number of pyridine rings is 1. The van der Waals surface area contributed by atoms with E-state index in [9.17, 15) is 9.59 Å². The number of hydrogen-bond donors (Lipinski definition) is 1. The summed E-state index contributed by atoms with van der Waals surface area (Å²) in [6.07, 6.45) is 1.08. The van der Waals surface area contributed by atoms with Crippen LogP contribution in [0.15, 0.2) is 36.4 Å². The molecule has 2 heterocycles. The molecule has 1 aliphatic carbocycles. The lowest BCUT2D eigenvalue weighted by Gasteiger charge is -2.13. The molecule has 1 saturated carbocycles. The van der Waals surface area contributed by atoms with Gasteiger partial charge in [0.15, 0.2) is 5.78 Å². The molecule has 1 aromatic heterocycles. The number of nitrogens with zero attached hydrogens (tertiary/aromatic N) is 2. The monoisotopic (exact) mass is 393 g/mol. The summed E-state index contributed by atoms with van der Waals surface area (Å²) in [5.74, 6) is 2.38. The molecule has 2 aromatic rings. The standard InChI is InChI=1S/C23H27N3O3/c1-24-23(28)21-10-15(22(27)11-18-19-12-26(2)13-20(18)19)9-16(25-21)7-14-5-4-6-17(8-14)29-3/h4-6,8-10,18-20H,7,11-13H2,1-3H3,(H,24,28)/t18?,19-,20+. The normalized spacial score (nSPS) is 22.8. The molecular formula is C23H27N3O3. The van der Waals surface area contributed by atoms with Crippen LogP contribution in [0.5, 0.6) is 5.75 Å². The Morgan fingerprint density at radius 3 is 2.66 bits per heavy atom. The number of carbonyl (C=O) groups is 2. The van der Waals surface area contributed by atoms with Crippen molar-refractivity contribution in [2.75, 3.05) is 34.3 Å². The van der Waals surface area contributed by atoms with E-state index in [2.05, 4.69) is 22.2 Å². The van der Waals surface area contributed by atoms with Gasteiger partial charge >= 0.3 is 0 Å². The molecule has 29 heavy (non-hydrogen) atoms. The fourth-order valence-electron chi connectivity index (χ4n) is 4.57. The molecule has 6 nitrogen and oxygen atoms in total. The molecule has 1 aliphatic heterocycles. The molecule has 0 bridgehead atoms. The van der Waals surface area contributed by atoms with E-state index in [-0.39, 0.29) is 17.4 Å². The van der Waals surface area contributed by atoms with E-state index in [4.69, 9.17) is 4.74 Å². The van der Waals surface area contributed by atoms with Gasteiger partial charge in [0.1, 0.15) is 11.4 Å². The van der Waals surface area contributed by atoms with Gasteiger partial charge in [-0.1, -0.05) is 12.1 Å². The molecule has 1 saturated heterocycles. The first-order valence-electron chi connectivity index (χ1n) is 10.1. The molecule has 6 heteroatoms. The van der Waals surface area contributed by atoms with Crippen LogP contribution in [0.25, 0.3) is 0 Å². The van der Waals surface area contributed by atoms with Crippen molar-refractivity contribution in [3.63, 3.8) is 0 Å². The van der Waals surface area contributed by atoms with Gasteiger partial charge < -0.3 is 15.0 Å². The van der Waals surface area contributed by atoms with Crippen LogP contribution >= 0.6 is 0 Å². The van der Waals surface area contributed by atoms with Crippen molar-refractivity contribution in [2.24, 2.45) is 17.8 Å². The number of likely N-dealkylation sites (tertiary alicyclic amines) is 1. The van der Waals surface area contributed by atoms with E-state index in [0.29, 0.717) is 41.9 Å². The van der Waals surface area contributed by atoms with Crippen molar-refractivity contribution in [2.45, 2.75) is 12.8 Å². The minimum atomic E-state index is -0.281. The molecule has 1 N–H and O–H groups in total. The van der Waals surface area contributed by atoms with Crippen LogP contribution in [0.1, 0.15) is 38.5 Å². The van der Waals surface area contributed by atoms with Gasteiger partial charge in [-0.2, -0.15) is 0 Å². The first kappa shape index (κ1) is 19.6. The van der Waals surface area contributed by atoms with Crippen LogP contribution in [0.4, 0.5) is 0 Å². The Labute approximate surface area is 171 Å². The van der Waals surface area contributed by atoms with Crippen molar-refractivity contribution in [1.29, 1.82) is 0 Å². The van der Waals surface area contributed by atoms with Gasteiger partial charge in [0.2, 0.25) is 0 Å². The zero-order valence-electron chi connectivity index (χ0n) is 17.1. The molecule has 2 aliphatic rings. The van der Waals surface area contributed by atoms with Gasteiger partial charge in [-0.3, -0.25) is 9.59 Å². The largest absolute Gasteiger partial charge is 0.497 e. The lowest BCUT2D eigenvalue weighted by atomic mass is 10.0. The van der Waals surface area contributed by atoms with E-state index < -0.39 is 0 Å². The van der Waals surface area contributed by atoms with E-state index in [0.717, 1.165) is 24.4 Å². The zero-order valence-corrected chi connectivity index (χ0v) is 17.1. The van der Waals surface area contributed by atoms with Crippen molar-refractivity contribution in [3.8, 4) is 5.75 Å². The average Bonchev–Trinajstić information content (AvgIpc) is 3.17. The first-order valence-corrected chi connectivity index (χ1v) is 10.1. The highest BCUT2D eigenvalue weighted by Crippen LogP contribution is 2.53. The topological polar surface area (TPSA) is 71.5 Å². The first-order chi connectivity index (χ1) is 14.0. The molecule has 0 spiro atoms. The number of carbonyl (C=O) groups excluding carboxylic acids is 2. The van der Waals surface area contributed by atoms with Gasteiger partial charge in [0.25, 0.3) is 5.91 Å². The van der Waals surface area contributed by atoms with E-state index in [1.807, 2.05) is 30.3 Å². The Morgan fingerprint density at radius 2 is 1.97 bits per heavy atom. The number of rotatable bonds is 7. The Bertz CT molecular complexity index is 931. The second-order valence-corrected chi connectivity index (χ2v) is 8.18. The summed E-state index contributed by atoms with van der Waals surface area (Å²) >= 11 is 0. The fourth-order valence-corrected chi connectivity index (χ4v) is 4.57. The van der Waals surface area contributed by atoms with Crippen LogP contribution in [0.3, 0.4) is 0 Å². The number of ketones is 1. The molecule has 152 valence electrons. The van der Waals surface area contributed by atoms with Gasteiger partial charge in [-0.25, -0.2) is 4.98 Å². The van der Waals surface area contributed by atoms with Gasteiger partial charge in [-0.15, -0.1) is 0 Å². The summed E-state index contributed by atoms with van der Waals surface area (Å²) in [5, 5.41) is 2.61. The van der Waals surface area contributed by atoms with Crippen LogP contribution in [-0.2, 0) is 6.42 Å². The van der Waals surface area contributed by atoms with Crippen molar-refractivity contribution in [1.82, 2.24) is 15.2 Å². The minimum Gasteiger partial charge on any atom is -0.497 e. The summed E-state index contributed by atoms with van der Waals surface area (Å²) in [6, 6.07) is 11.2. The second kappa shape index (κ2) is 7.95. The van der Waals surface area contributed by atoms with Gasteiger partial charge in [0, 0.05) is 44.2 Å². The summed E-state index contributed by atoms with van der Waals surface area (Å²) in [7, 11) is 5.34. The summed E-state index contributed by atoms with van der Waals surface area (Å²) in [6.45, 7) is 2.17. The predicted molar refractivity (Wildman–Crippen MR) is 110 cm³/mol. The molecule has 1 amide bonds. The highest BCUT2D eigenvalue weighted by Gasteiger charge is 2.54. The molecule has 1 unspecified atom stereocenters. The number of amides is 1. The van der Waals surface area contributed by atoms with E-state index in [1.54, 1.807) is 20.2 Å². The van der Waals surface area contributed by atoms with Crippen LogP contribution in [0, 0.1) is 17.8 Å². The number of Topliss-reactive ketones (excluding diaryl/α,β-unsaturated/α-hetero) is 1. The molecule has 0 radical (unpaired) electrons. The number of nitrogens with one attached hydrogen (secondary N) is 1. The molecular weight excluding hydrogens is 366 g/mol. The number of hydrogen-bond acceptors (Lipinski definition) is 5. The number of ether oxygens (including phenoxy) is 1. The van der Waals surface area contributed by atoms with Gasteiger partial charge in [-0.05, 0) is 54.6 Å². The van der Waals surface area contributed by atoms with E-state index >= 15 is 0 Å². The number of fused-ring (bicyclic) bond motifs is 1. The minimum absolute atomic E-state index is 0.103. The van der Waals surface area contributed by atoms with Gasteiger partial charge in [0.05, 0.1) is 7.11 Å². The average molecular weight is 393 g/mol. The molecule has 2 fully saturated rings. The Kier molecular flexibility index (Phi) is 5.37. The Balaban J connectivity index is 1.55. The quantitative estimate of drug-likeness (QED) is 0.732. The third kappa shape index (κ3) is 4.17. The Hall–Kier alpha value is -2.73. The van der Waals surface area contributed by atoms with Crippen molar-refractivity contribution in [3.05, 3.63) is 58.9 Å². The maximum atomic E-state index is 13.0. The maximum Gasteiger partial charge on any atom is 0.269 e. The summed E-state index contributed by atoms with van der Waals surface area (Å²) in [4.78, 5) is 32.0. The highest BCUT2D eigenvalue weighted by atomic mass is 16.5. The second-order valence-electron chi connectivity index (χ2n) is 8.18. The zero-order chi connectivity index (χ0) is 20.5. The van der Waals surface area contributed by atoms with Crippen molar-refractivity contribution < 1.29 is 14.3 Å². The number of piperidine rings is 1. The van der Waals surface area contributed by atoms with Crippen LogP contribution < -0.4 is 10.1 Å². The maximum absolute atomic E-state index is 13.0. The van der Waals surface area contributed by atoms with Crippen LogP contribution in [-0.4, -0.2) is 55.9 Å². The third-order valence-corrected chi connectivity index (χ3v) is 6.15. The number of aromatic nitrogens is 1. The molecule has 3 atom stereocenters. The SMILES string of the molecule is CNC(=O)c1cc(C(=O)CC2[C@H]3CN(C)C[C@@H]23)cc(Cc2cccc(OC)c2)n1. The molecule has 4 rings (SSSR count). The van der Waals surface area contributed by atoms with Crippen LogP contribution in [0.2, 0.25) is 0 Å². The summed E-state index contributed by atoms with van der Waals surface area (Å²) < 4.78 is 5.29. The smallest absolute Gasteiger partial charge is 0.269 e.